The van der Waals surface area contributed by atoms with Crippen molar-refractivity contribution in [3.63, 3.8) is 0 Å². The Hall–Kier alpha value is -1.55. The van der Waals surface area contributed by atoms with Gasteiger partial charge in [-0.1, -0.05) is 6.07 Å². The third-order valence-corrected chi connectivity index (χ3v) is 4.00. The first kappa shape index (κ1) is 14.9. The van der Waals surface area contributed by atoms with Crippen molar-refractivity contribution in [2.45, 2.75) is 31.7 Å². The lowest BCUT2D eigenvalue weighted by Gasteiger charge is -2.36. The first-order valence-electron chi connectivity index (χ1n) is 7.42. The molecule has 1 aliphatic rings. The summed E-state index contributed by atoms with van der Waals surface area (Å²) in [6.45, 7) is 1.50. The maximum Gasteiger partial charge on any atom is 0.254 e. The SMILES string of the molecule is CN(C)c1cccc(C(=O)N2CCCCC2CCN)c1. The summed E-state index contributed by atoms with van der Waals surface area (Å²) in [7, 11) is 3.98. The van der Waals surface area contributed by atoms with E-state index in [4.69, 9.17) is 5.73 Å². The van der Waals surface area contributed by atoms with Gasteiger partial charge in [-0.3, -0.25) is 4.79 Å². The molecule has 4 heteroatoms. The monoisotopic (exact) mass is 275 g/mol. The molecule has 1 fully saturated rings. The number of anilines is 1. The lowest BCUT2D eigenvalue weighted by Crippen LogP contribution is -2.44. The molecule has 1 aromatic rings. The number of piperidine rings is 1. The van der Waals surface area contributed by atoms with Crippen LogP contribution in [0.25, 0.3) is 0 Å². The molecule has 1 heterocycles. The van der Waals surface area contributed by atoms with Crippen molar-refractivity contribution in [1.82, 2.24) is 4.90 Å². The van der Waals surface area contributed by atoms with E-state index in [0.717, 1.165) is 37.1 Å². The number of nitrogens with two attached hydrogens (primary N) is 1. The van der Waals surface area contributed by atoms with Gasteiger partial charge in [0.25, 0.3) is 5.91 Å². The van der Waals surface area contributed by atoms with Crippen LogP contribution in [0.1, 0.15) is 36.0 Å². The van der Waals surface area contributed by atoms with Crippen molar-refractivity contribution in [2.75, 3.05) is 32.1 Å². The maximum atomic E-state index is 12.7. The molecule has 0 spiro atoms. The van der Waals surface area contributed by atoms with Crippen molar-refractivity contribution >= 4 is 11.6 Å². The van der Waals surface area contributed by atoms with Crippen LogP contribution in [0.2, 0.25) is 0 Å². The molecule has 0 saturated carbocycles. The van der Waals surface area contributed by atoms with Gasteiger partial charge < -0.3 is 15.5 Å². The second kappa shape index (κ2) is 6.75. The molecule has 1 amide bonds. The standard InChI is InChI=1S/C16H25N3O/c1-18(2)15-8-5-6-13(12-15)16(20)19-11-4-3-7-14(19)9-10-17/h5-6,8,12,14H,3-4,7,9-11,17H2,1-2H3. The van der Waals surface area contributed by atoms with Gasteiger partial charge in [0.15, 0.2) is 0 Å². The summed E-state index contributed by atoms with van der Waals surface area (Å²) >= 11 is 0. The highest BCUT2D eigenvalue weighted by molar-refractivity contribution is 5.95. The molecule has 1 aromatic carbocycles. The minimum atomic E-state index is 0.145. The summed E-state index contributed by atoms with van der Waals surface area (Å²) in [5, 5.41) is 0. The molecule has 2 N–H and O–H groups in total. The highest BCUT2D eigenvalue weighted by Crippen LogP contribution is 2.23. The van der Waals surface area contributed by atoms with Crippen LogP contribution in [0.3, 0.4) is 0 Å². The fraction of sp³-hybridized carbons (Fsp3) is 0.562. The van der Waals surface area contributed by atoms with Crippen LogP contribution >= 0.6 is 0 Å². The van der Waals surface area contributed by atoms with E-state index in [-0.39, 0.29) is 5.91 Å². The summed E-state index contributed by atoms with van der Waals surface area (Å²) in [6.07, 6.45) is 4.28. The number of amides is 1. The molecule has 1 unspecified atom stereocenters. The zero-order chi connectivity index (χ0) is 14.5. The van der Waals surface area contributed by atoms with Crippen LogP contribution in [-0.2, 0) is 0 Å². The van der Waals surface area contributed by atoms with Gasteiger partial charge in [0.05, 0.1) is 0 Å². The minimum Gasteiger partial charge on any atom is -0.378 e. The zero-order valence-electron chi connectivity index (χ0n) is 12.5. The number of rotatable bonds is 4. The van der Waals surface area contributed by atoms with Crippen molar-refractivity contribution in [3.05, 3.63) is 29.8 Å². The molecule has 2 rings (SSSR count). The third-order valence-electron chi connectivity index (χ3n) is 4.00. The summed E-state index contributed by atoms with van der Waals surface area (Å²) in [5.41, 5.74) is 7.52. The largest absolute Gasteiger partial charge is 0.378 e. The first-order chi connectivity index (χ1) is 9.63. The van der Waals surface area contributed by atoms with Crippen LogP contribution < -0.4 is 10.6 Å². The van der Waals surface area contributed by atoms with Crippen molar-refractivity contribution in [2.24, 2.45) is 5.73 Å². The highest BCUT2D eigenvalue weighted by atomic mass is 16.2. The van der Waals surface area contributed by atoms with Gasteiger partial charge in [-0.25, -0.2) is 0 Å². The minimum absolute atomic E-state index is 0.145. The molecule has 1 atom stereocenters. The Labute approximate surface area is 121 Å². The van der Waals surface area contributed by atoms with Gasteiger partial charge in [0.1, 0.15) is 0 Å². The van der Waals surface area contributed by atoms with E-state index in [2.05, 4.69) is 0 Å². The molecule has 0 aliphatic carbocycles. The van der Waals surface area contributed by atoms with E-state index in [0.29, 0.717) is 12.6 Å². The number of hydrogen-bond donors (Lipinski definition) is 1. The third kappa shape index (κ3) is 3.31. The van der Waals surface area contributed by atoms with Crippen LogP contribution in [-0.4, -0.2) is 44.0 Å². The summed E-state index contributed by atoms with van der Waals surface area (Å²) in [6, 6.07) is 8.15. The predicted octanol–water partition coefficient (Wildman–Crippen LogP) is 2.10. The van der Waals surface area contributed by atoms with Crippen LogP contribution in [0.15, 0.2) is 24.3 Å². The highest BCUT2D eigenvalue weighted by Gasteiger charge is 2.26. The second-order valence-corrected chi connectivity index (χ2v) is 5.67. The van der Waals surface area contributed by atoms with E-state index in [1.807, 2.05) is 48.2 Å². The van der Waals surface area contributed by atoms with E-state index in [1.165, 1.54) is 6.42 Å². The number of hydrogen-bond acceptors (Lipinski definition) is 3. The molecular formula is C16H25N3O. The van der Waals surface area contributed by atoms with Gasteiger partial charge in [-0.05, 0) is 50.4 Å². The normalized spacial score (nSPS) is 18.9. The Balaban J connectivity index is 2.18. The van der Waals surface area contributed by atoms with Gasteiger partial charge in [-0.2, -0.15) is 0 Å². The molecular weight excluding hydrogens is 250 g/mol. The maximum absolute atomic E-state index is 12.7. The van der Waals surface area contributed by atoms with E-state index < -0.39 is 0 Å². The molecule has 1 saturated heterocycles. The zero-order valence-corrected chi connectivity index (χ0v) is 12.5. The van der Waals surface area contributed by atoms with Crippen LogP contribution in [0.4, 0.5) is 5.69 Å². The number of carbonyl (C=O) groups is 1. The quantitative estimate of drug-likeness (QED) is 0.915. The van der Waals surface area contributed by atoms with Crippen molar-refractivity contribution in [1.29, 1.82) is 0 Å². The predicted molar refractivity (Wildman–Crippen MR) is 83.1 cm³/mol. The fourth-order valence-electron chi connectivity index (χ4n) is 2.84. The van der Waals surface area contributed by atoms with Gasteiger partial charge in [0, 0.05) is 37.9 Å². The van der Waals surface area contributed by atoms with E-state index in [9.17, 15) is 4.79 Å². The Morgan fingerprint density at radius 1 is 1.40 bits per heavy atom. The molecule has 1 aliphatic heterocycles. The average molecular weight is 275 g/mol. The van der Waals surface area contributed by atoms with Crippen molar-refractivity contribution < 1.29 is 4.79 Å². The van der Waals surface area contributed by atoms with Crippen LogP contribution in [0.5, 0.6) is 0 Å². The number of nitrogens with zero attached hydrogens (tertiary/aromatic N) is 2. The number of likely N-dealkylation sites (tertiary alicyclic amines) is 1. The Morgan fingerprint density at radius 2 is 2.20 bits per heavy atom. The molecule has 4 nitrogen and oxygen atoms in total. The summed E-state index contributed by atoms with van der Waals surface area (Å²) < 4.78 is 0. The van der Waals surface area contributed by atoms with Crippen LogP contribution in [0, 0.1) is 0 Å². The molecule has 0 aromatic heterocycles. The second-order valence-electron chi connectivity index (χ2n) is 5.67. The smallest absolute Gasteiger partial charge is 0.254 e. The Kier molecular flexibility index (Phi) is 5.01. The lowest BCUT2D eigenvalue weighted by molar-refractivity contribution is 0.0605. The Morgan fingerprint density at radius 3 is 2.90 bits per heavy atom. The average Bonchev–Trinajstić information content (AvgIpc) is 2.47. The first-order valence-corrected chi connectivity index (χ1v) is 7.42. The Bertz CT molecular complexity index is 457. The lowest BCUT2D eigenvalue weighted by atomic mass is 9.98. The topological polar surface area (TPSA) is 49.6 Å². The van der Waals surface area contributed by atoms with Crippen molar-refractivity contribution in [3.8, 4) is 0 Å². The van der Waals surface area contributed by atoms with E-state index >= 15 is 0 Å². The van der Waals surface area contributed by atoms with Gasteiger partial charge in [-0.15, -0.1) is 0 Å². The van der Waals surface area contributed by atoms with E-state index in [1.54, 1.807) is 0 Å². The number of carbonyl (C=O) groups excluding carboxylic acids is 1. The molecule has 0 radical (unpaired) electrons. The molecule has 20 heavy (non-hydrogen) atoms. The fourth-order valence-corrected chi connectivity index (χ4v) is 2.84. The van der Waals surface area contributed by atoms with Gasteiger partial charge >= 0.3 is 0 Å². The molecule has 110 valence electrons. The summed E-state index contributed by atoms with van der Waals surface area (Å²) in [5.74, 6) is 0.145. The summed E-state index contributed by atoms with van der Waals surface area (Å²) in [4.78, 5) is 16.8. The molecule has 0 bridgehead atoms. The number of benzene rings is 1. The van der Waals surface area contributed by atoms with Gasteiger partial charge in [0.2, 0.25) is 0 Å².